The van der Waals surface area contributed by atoms with Crippen molar-refractivity contribution in [2.75, 3.05) is 17.3 Å². The number of hydrogen-bond acceptors (Lipinski definition) is 5. The summed E-state index contributed by atoms with van der Waals surface area (Å²) in [4.78, 5) is 8.35. The minimum absolute atomic E-state index is 0.225. The maximum absolute atomic E-state index is 11.1. The highest BCUT2D eigenvalue weighted by atomic mass is 32.2. The largest absolute Gasteiger partial charge is 0.367 e. The summed E-state index contributed by atoms with van der Waals surface area (Å²) in [7, 11) is -0.755. The molecule has 2 heterocycles. The van der Waals surface area contributed by atoms with Crippen LogP contribution in [0.5, 0.6) is 0 Å². The summed E-state index contributed by atoms with van der Waals surface area (Å²) < 4.78 is 12.7. The van der Waals surface area contributed by atoms with Gasteiger partial charge in [0, 0.05) is 40.6 Å². The number of aromatic nitrogens is 4. The van der Waals surface area contributed by atoms with Gasteiger partial charge in [-0.05, 0) is 20.3 Å². The Morgan fingerprint density at radius 3 is 3.06 bits per heavy atom. The van der Waals surface area contributed by atoms with Crippen LogP contribution in [0.15, 0.2) is 12.4 Å². The summed E-state index contributed by atoms with van der Waals surface area (Å²) in [5.74, 6) is 2.15. The highest BCUT2D eigenvalue weighted by molar-refractivity contribution is 7.84. The van der Waals surface area contributed by atoms with Gasteiger partial charge in [-0.3, -0.25) is 4.21 Å². The first-order valence-electron chi connectivity index (χ1n) is 5.80. The van der Waals surface area contributed by atoms with Gasteiger partial charge < -0.3 is 5.32 Å². The molecule has 0 aliphatic carbocycles. The summed E-state index contributed by atoms with van der Waals surface area (Å²) in [5, 5.41) is 7.48. The second kappa shape index (κ2) is 5.43. The van der Waals surface area contributed by atoms with Crippen molar-refractivity contribution in [1.82, 2.24) is 19.6 Å². The molecule has 0 aliphatic rings. The Hall–Kier alpha value is -1.50. The van der Waals surface area contributed by atoms with Crippen LogP contribution in [-0.2, 0) is 10.8 Å². The quantitative estimate of drug-likeness (QED) is 0.875. The Morgan fingerprint density at radius 1 is 1.56 bits per heavy atom. The van der Waals surface area contributed by atoms with Crippen LogP contribution < -0.4 is 5.32 Å². The predicted octanol–water partition coefficient (Wildman–Crippen LogP) is 1.00. The monoisotopic (exact) mass is 267 g/mol. The number of anilines is 1. The summed E-state index contributed by atoms with van der Waals surface area (Å²) in [6.45, 7) is 3.98. The fraction of sp³-hybridized carbons (Fsp3) is 0.545. The fourth-order valence-corrected chi connectivity index (χ4v) is 2.39. The minimum atomic E-state index is -0.755. The molecule has 18 heavy (non-hydrogen) atoms. The topological polar surface area (TPSA) is 72.2 Å². The van der Waals surface area contributed by atoms with E-state index in [1.165, 1.54) is 6.33 Å². The van der Waals surface area contributed by atoms with E-state index in [1.54, 1.807) is 10.8 Å². The number of nitrogens with one attached hydrogen (secondary N) is 1. The lowest BCUT2D eigenvalue weighted by atomic mass is 10.2. The van der Waals surface area contributed by atoms with Crippen LogP contribution in [0.25, 0.3) is 5.78 Å². The van der Waals surface area contributed by atoms with E-state index < -0.39 is 10.8 Å². The molecule has 2 aromatic heterocycles. The first kappa shape index (κ1) is 12.9. The molecule has 0 radical (unpaired) electrons. The average Bonchev–Trinajstić information content (AvgIpc) is 2.74. The Labute approximate surface area is 108 Å². The third-order valence-electron chi connectivity index (χ3n) is 2.61. The lowest BCUT2D eigenvalue weighted by Gasteiger charge is -2.15. The van der Waals surface area contributed by atoms with E-state index >= 15 is 0 Å². The SMILES string of the molecule is Cc1cc(NC(C)CCS(C)=O)n2ncnc2n1. The van der Waals surface area contributed by atoms with Crippen LogP contribution in [0.2, 0.25) is 0 Å². The molecule has 2 aromatic rings. The molecule has 2 atom stereocenters. The van der Waals surface area contributed by atoms with Crippen LogP contribution in [0, 0.1) is 6.92 Å². The highest BCUT2D eigenvalue weighted by Gasteiger charge is 2.09. The number of rotatable bonds is 5. The molecule has 0 amide bonds. The van der Waals surface area contributed by atoms with Crippen molar-refractivity contribution in [3.8, 4) is 0 Å². The molecule has 0 spiro atoms. The van der Waals surface area contributed by atoms with E-state index in [0.29, 0.717) is 11.5 Å². The molecule has 7 heteroatoms. The van der Waals surface area contributed by atoms with Crippen molar-refractivity contribution in [2.24, 2.45) is 0 Å². The smallest absolute Gasteiger partial charge is 0.254 e. The Bertz CT molecular complexity index is 568. The summed E-state index contributed by atoms with van der Waals surface area (Å²) in [5.41, 5.74) is 0.893. The van der Waals surface area contributed by atoms with E-state index in [-0.39, 0.29) is 6.04 Å². The van der Waals surface area contributed by atoms with Gasteiger partial charge in [0.05, 0.1) is 0 Å². The zero-order valence-corrected chi connectivity index (χ0v) is 11.6. The van der Waals surface area contributed by atoms with Gasteiger partial charge in [0.25, 0.3) is 5.78 Å². The molecular weight excluding hydrogens is 250 g/mol. The highest BCUT2D eigenvalue weighted by Crippen LogP contribution is 2.12. The zero-order chi connectivity index (χ0) is 13.1. The average molecular weight is 267 g/mol. The lowest BCUT2D eigenvalue weighted by molar-refractivity contribution is 0.677. The zero-order valence-electron chi connectivity index (χ0n) is 10.8. The Morgan fingerprint density at radius 2 is 2.33 bits per heavy atom. The van der Waals surface area contributed by atoms with Crippen LogP contribution >= 0.6 is 0 Å². The van der Waals surface area contributed by atoms with Crippen molar-refractivity contribution >= 4 is 22.4 Å². The molecule has 2 rings (SSSR count). The molecular formula is C11H17N5OS. The molecule has 0 saturated heterocycles. The van der Waals surface area contributed by atoms with Crippen molar-refractivity contribution in [1.29, 1.82) is 0 Å². The minimum Gasteiger partial charge on any atom is -0.367 e. The normalized spacial score (nSPS) is 14.6. The van der Waals surface area contributed by atoms with Crippen molar-refractivity contribution in [3.63, 3.8) is 0 Å². The van der Waals surface area contributed by atoms with Crippen molar-refractivity contribution < 1.29 is 4.21 Å². The molecule has 1 N–H and O–H groups in total. The van der Waals surface area contributed by atoms with Gasteiger partial charge >= 0.3 is 0 Å². The summed E-state index contributed by atoms with van der Waals surface area (Å²) in [6, 6.07) is 2.16. The van der Waals surface area contributed by atoms with Crippen LogP contribution in [-0.4, -0.2) is 41.8 Å². The first-order chi connectivity index (χ1) is 8.56. The fourth-order valence-electron chi connectivity index (χ4n) is 1.70. The molecule has 0 aliphatic heterocycles. The van der Waals surface area contributed by atoms with Gasteiger partial charge in [-0.25, -0.2) is 4.98 Å². The number of fused-ring (bicyclic) bond motifs is 1. The van der Waals surface area contributed by atoms with E-state index in [9.17, 15) is 4.21 Å². The van der Waals surface area contributed by atoms with Gasteiger partial charge in [0.15, 0.2) is 0 Å². The lowest BCUT2D eigenvalue weighted by Crippen LogP contribution is -2.20. The van der Waals surface area contributed by atoms with Crippen LogP contribution in [0.1, 0.15) is 19.0 Å². The first-order valence-corrected chi connectivity index (χ1v) is 7.53. The third-order valence-corrected chi connectivity index (χ3v) is 3.42. The summed E-state index contributed by atoms with van der Waals surface area (Å²) in [6.07, 6.45) is 4.05. The van der Waals surface area contributed by atoms with E-state index in [1.807, 2.05) is 13.0 Å². The van der Waals surface area contributed by atoms with E-state index in [0.717, 1.165) is 17.9 Å². The van der Waals surface area contributed by atoms with Crippen LogP contribution in [0.4, 0.5) is 5.82 Å². The van der Waals surface area contributed by atoms with Gasteiger partial charge in [-0.1, -0.05) is 0 Å². The molecule has 2 unspecified atom stereocenters. The molecule has 0 bridgehead atoms. The van der Waals surface area contributed by atoms with E-state index in [2.05, 4.69) is 27.3 Å². The molecule has 6 nitrogen and oxygen atoms in total. The number of hydrogen-bond donors (Lipinski definition) is 1. The van der Waals surface area contributed by atoms with E-state index in [4.69, 9.17) is 0 Å². The number of nitrogens with zero attached hydrogens (tertiary/aromatic N) is 4. The second-order valence-electron chi connectivity index (χ2n) is 4.37. The standard InChI is InChI=1S/C11H17N5OS/c1-8(4-5-18(3)17)14-10-6-9(2)15-11-12-7-13-16(10)11/h6-8,14H,4-5H2,1-3H3. The second-order valence-corrected chi connectivity index (χ2v) is 5.92. The van der Waals surface area contributed by atoms with Gasteiger partial charge in [0.2, 0.25) is 0 Å². The maximum Gasteiger partial charge on any atom is 0.254 e. The van der Waals surface area contributed by atoms with Crippen molar-refractivity contribution in [3.05, 3.63) is 18.1 Å². The third kappa shape index (κ3) is 3.04. The molecule has 0 saturated carbocycles. The predicted molar refractivity (Wildman–Crippen MR) is 72.2 cm³/mol. The number of aryl methyl sites for hydroxylation is 1. The molecule has 0 aromatic carbocycles. The van der Waals surface area contributed by atoms with Crippen molar-refractivity contribution in [2.45, 2.75) is 26.3 Å². The van der Waals surface area contributed by atoms with Gasteiger partial charge in [0.1, 0.15) is 12.1 Å². The molecule has 0 fully saturated rings. The Balaban J connectivity index is 2.15. The molecule has 98 valence electrons. The van der Waals surface area contributed by atoms with Crippen LogP contribution in [0.3, 0.4) is 0 Å². The van der Waals surface area contributed by atoms with Gasteiger partial charge in [-0.2, -0.15) is 14.6 Å². The Kier molecular flexibility index (Phi) is 3.90. The summed E-state index contributed by atoms with van der Waals surface area (Å²) >= 11 is 0. The maximum atomic E-state index is 11.1. The van der Waals surface area contributed by atoms with Gasteiger partial charge in [-0.15, -0.1) is 0 Å².